The highest BCUT2D eigenvalue weighted by Crippen LogP contribution is 2.49. The van der Waals surface area contributed by atoms with Crippen LogP contribution in [0.25, 0.3) is 0 Å². The van der Waals surface area contributed by atoms with Gasteiger partial charge in [0.15, 0.2) is 0 Å². The molecular weight excluding hydrogens is 379 g/mol. The molecule has 1 saturated heterocycles. The number of esters is 1. The molecule has 0 aromatic rings. The van der Waals surface area contributed by atoms with Gasteiger partial charge in [0.1, 0.15) is 12.7 Å². The fraction of sp³-hybridized carbons (Fsp3) is 0.190. The maximum Gasteiger partial charge on any atom is 0.472 e. The van der Waals surface area contributed by atoms with E-state index in [4.69, 9.17) is 9.63 Å². The van der Waals surface area contributed by atoms with Gasteiger partial charge in [-0.2, -0.15) is 0 Å². The summed E-state index contributed by atoms with van der Waals surface area (Å²) < 4.78 is 24.8. The van der Waals surface area contributed by atoms with Crippen molar-refractivity contribution in [2.75, 3.05) is 13.2 Å². The highest BCUT2D eigenvalue weighted by Gasteiger charge is 2.35. The monoisotopic (exact) mass is 388 g/mol. The zero-order chi connectivity index (χ0) is 20.5. The second-order valence-electron chi connectivity index (χ2n) is 4.22. The molecule has 0 aliphatic carbocycles. The van der Waals surface area contributed by atoms with Crippen molar-refractivity contribution in [3.8, 4) is 94.7 Å². The van der Waals surface area contributed by atoms with Gasteiger partial charge in [0.25, 0.3) is 0 Å². The van der Waals surface area contributed by atoms with E-state index in [1.54, 1.807) is 6.92 Å². The van der Waals surface area contributed by atoms with Gasteiger partial charge in [-0.05, 0) is 89.8 Å². The molecule has 2 unspecified atom stereocenters. The van der Waals surface area contributed by atoms with Gasteiger partial charge in [0, 0.05) is 5.92 Å². The molecule has 0 amide bonds. The molecule has 0 spiro atoms. The number of phosphoric acid groups is 1. The molecule has 1 fully saturated rings. The Labute approximate surface area is 163 Å². The fourth-order valence-corrected chi connectivity index (χ4v) is 2.14. The molecule has 2 atom stereocenters. The quantitative estimate of drug-likeness (QED) is 0.313. The Morgan fingerprint density at radius 2 is 1.39 bits per heavy atom. The number of rotatable bonds is 2. The van der Waals surface area contributed by atoms with Crippen LogP contribution >= 0.6 is 7.82 Å². The summed E-state index contributed by atoms with van der Waals surface area (Å²) in [6.07, 6.45) is -0.811. The molecule has 28 heavy (non-hydrogen) atoms. The molecule has 1 N–H and O–H groups in total. The third kappa shape index (κ3) is 11.6. The topological polar surface area (TPSA) is 82.1 Å². The number of hydrogen-bond acceptors (Lipinski definition) is 5. The number of ether oxygens (including phenoxy) is 1. The Morgan fingerprint density at radius 3 is 1.82 bits per heavy atom. The lowest BCUT2D eigenvalue weighted by atomic mass is 10.4. The van der Waals surface area contributed by atoms with Crippen molar-refractivity contribution >= 4 is 13.8 Å². The maximum absolute atomic E-state index is 11.3. The number of hydrogen-bond donors (Lipinski definition) is 1. The normalized spacial score (nSPS) is 17.3. The SMILES string of the molecule is CC#CC#CC#CC#CC#CC#CC#CC#CC(=O)OCC1COP(=O)(O)O1. The Balaban J connectivity index is 2.35. The van der Waals surface area contributed by atoms with Gasteiger partial charge in [0.2, 0.25) is 0 Å². The minimum Gasteiger partial charge on any atom is -0.453 e. The van der Waals surface area contributed by atoms with Crippen LogP contribution < -0.4 is 0 Å². The van der Waals surface area contributed by atoms with Crippen molar-refractivity contribution in [3.05, 3.63) is 0 Å². The second kappa shape index (κ2) is 13.3. The number of carbonyl (C=O) groups excluding carboxylic acids is 1. The van der Waals surface area contributed by atoms with E-state index in [2.05, 4.69) is 104 Å². The summed E-state index contributed by atoms with van der Waals surface area (Å²) in [5.41, 5.74) is 0. The Kier molecular flexibility index (Phi) is 10.5. The first-order valence-electron chi connectivity index (χ1n) is 7.29. The molecule has 0 saturated carbocycles. The third-order valence-corrected chi connectivity index (χ3v) is 3.25. The standard InChI is InChI=1S/C21H9O6P/c1-2-3-4-5-6-7-8-9-10-11-12-13-14-15-16-17-21(22)25-18-20-19-26-28(23,24)27-20/h20H,18-19H2,1H3,(H,23,24). The van der Waals surface area contributed by atoms with Crippen LogP contribution in [0.3, 0.4) is 0 Å². The van der Waals surface area contributed by atoms with E-state index in [1.165, 1.54) is 0 Å². The van der Waals surface area contributed by atoms with E-state index in [9.17, 15) is 9.36 Å². The van der Waals surface area contributed by atoms with E-state index in [1.807, 2.05) is 0 Å². The molecule has 0 aromatic carbocycles. The molecule has 1 heterocycles. The largest absolute Gasteiger partial charge is 0.472 e. The van der Waals surface area contributed by atoms with E-state index in [-0.39, 0.29) is 13.2 Å². The lowest BCUT2D eigenvalue weighted by molar-refractivity contribution is -0.138. The Bertz CT molecular complexity index is 1170. The third-order valence-electron chi connectivity index (χ3n) is 2.21. The van der Waals surface area contributed by atoms with Crippen LogP contribution in [0.1, 0.15) is 6.92 Å². The van der Waals surface area contributed by atoms with Gasteiger partial charge in [-0.1, -0.05) is 5.92 Å². The average molecular weight is 388 g/mol. The summed E-state index contributed by atoms with van der Waals surface area (Å²) in [5, 5.41) is 0. The zero-order valence-corrected chi connectivity index (χ0v) is 15.3. The summed E-state index contributed by atoms with van der Waals surface area (Å²) in [6.45, 7) is 1.27. The van der Waals surface area contributed by atoms with Crippen LogP contribution in [0.5, 0.6) is 0 Å². The van der Waals surface area contributed by atoms with Crippen LogP contribution in [-0.2, 0) is 23.1 Å². The lowest BCUT2D eigenvalue weighted by Crippen LogP contribution is -2.19. The van der Waals surface area contributed by atoms with Crippen molar-refractivity contribution in [1.82, 2.24) is 0 Å². The molecule has 134 valence electrons. The van der Waals surface area contributed by atoms with Crippen molar-refractivity contribution in [3.63, 3.8) is 0 Å². The molecule has 1 aliphatic heterocycles. The lowest BCUT2D eigenvalue weighted by Gasteiger charge is -2.05. The molecule has 7 heteroatoms. The van der Waals surface area contributed by atoms with Crippen LogP contribution in [0.4, 0.5) is 0 Å². The second-order valence-corrected chi connectivity index (χ2v) is 5.62. The van der Waals surface area contributed by atoms with Crippen LogP contribution in [0.15, 0.2) is 0 Å². The summed E-state index contributed by atoms with van der Waals surface area (Å²) >= 11 is 0. The first-order valence-corrected chi connectivity index (χ1v) is 8.78. The van der Waals surface area contributed by atoms with Crippen LogP contribution in [-0.4, -0.2) is 30.2 Å². The van der Waals surface area contributed by atoms with E-state index in [0.717, 1.165) is 0 Å². The van der Waals surface area contributed by atoms with Crippen LogP contribution in [0.2, 0.25) is 0 Å². The zero-order valence-electron chi connectivity index (χ0n) is 14.4. The predicted octanol–water partition coefficient (Wildman–Crippen LogP) is 0.0925. The minimum atomic E-state index is -4.01. The molecule has 0 aromatic heterocycles. The molecule has 1 aliphatic rings. The molecule has 1 rings (SSSR count). The molecule has 0 bridgehead atoms. The molecule has 0 radical (unpaired) electrons. The summed E-state index contributed by atoms with van der Waals surface area (Å²) in [4.78, 5) is 20.3. The van der Waals surface area contributed by atoms with Gasteiger partial charge in [-0.25, -0.2) is 9.36 Å². The summed E-state index contributed by atoms with van der Waals surface area (Å²) in [6, 6.07) is 0. The van der Waals surface area contributed by atoms with Crippen LogP contribution in [0, 0.1) is 94.7 Å². The van der Waals surface area contributed by atoms with Crippen molar-refractivity contribution in [2.24, 2.45) is 0 Å². The van der Waals surface area contributed by atoms with Gasteiger partial charge in [0.05, 0.1) is 6.61 Å². The van der Waals surface area contributed by atoms with E-state index < -0.39 is 19.9 Å². The van der Waals surface area contributed by atoms with Crippen molar-refractivity contribution in [1.29, 1.82) is 0 Å². The van der Waals surface area contributed by atoms with E-state index in [0.29, 0.717) is 0 Å². The van der Waals surface area contributed by atoms with E-state index >= 15 is 0 Å². The highest BCUT2D eigenvalue weighted by molar-refractivity contribution is 7.47. The summed E-state index contributed by atoms with van der Waals surface area (Å²) in [7, 11) is -4.01. The van der Waals surface area contributed by atoms with Gasteiger partial charge in [-0.3, -0.25) is 9.05 Å². The maximum atomic E-state index is 11.3. The van der Waals surface area contributed by atoms with Gasteiger partial charge in [-0.15, -0.1) is 0 Å². The Morgan fingerprint density at radius 1 is 0.929 bits per heavy atom. The summed E-state index contributed by atoms with van der Waals surface area (Å²) in [5.74, 6) is 37.8. The van der Waals surface area contributed by atoms with Crippen molar-refractivity contribution < 1.29 is 28.0 Å². The predicted molar refractivity (Wildman–Crippen MR) is 99.5 cm³/mol. The Hall–Kier alpha value is -3.94. The fourth-order valence-electron chi connectivity index (χ4n) is 1.23. The van der Waals surface area contributed by atoms with Crippen molar-refractivity contribution in [2.45, 2.75) is 13.0 Å². The number of phosphoric ester groups is 1. The average Bonchev–Trinajstić information content (AvgIpc) is 3.02. The first kappa shape index (κ1) is 22.1. The molecular formula is C21H9O6P. The number of carbonyl (C=O) groups is 1. The van der Waals surface area contributed by atoms with Gasteiger partial charge < -0.3 is 9.63 Å². The minimum absolute atomic E-state index is 0.149. The van der Waals surface area contributed by atoms with Gasteiger partial charge >= 0.3 is 13.8 Å². The first-order chi connectivity index (χ1) is 13.5. The smallest absolute Gasteiger partial charge is 0.453 e. The molecule has 6 nitrogen and oxygen atoms in total. The highest BCUT2D eigenvalue weighted by atomic mass is 31.2.